The van der Waals surface area contributed by atoms with Crippen molar-refractivity contribution in [2.24, 2.45) is 10.8 Å². The van der Waals surface area contributed by atoms with E-state index in [0.717, 1.165) is 41.5 Å². The first-order valence-corrected chi connectivity index (χ1v) is 21.1. The maximum absolute atomic E-state index is 14.1. The van der Waals surface area contributed by atoms with Crippen LogP contribution in [-0.4, -0.2) is 158 Å². The van der Waals surface area contributed by atoms with Crippen LogP contribution < -0.4 is 0 Å². The van der Waals surface area contributed by atoms with Crippen LogP contribution in [-0.2, 0) is 105 Å². The molecule has 3 aliphatic rings. The first-order valence-electron chi connectivity index (χ1n) is 21.1. The molecule has 0 radical (unpaired) electrons. The van der Waals surface area contributed by atoms with E-state index in [0.29, 0.717) is 0 Å². The van der Waals surface area contributed by atoms with Crippen LogP contribution in [0.5, 0.6) is 0 Å². The molecule has 23 nitrogen and oxygen atoms in total. The number of aliphatic hydroxyl groups is 1. The Morgan fingerprint density at radius 3 is 1.30 bits per heavy atom. The second kappa shape index (κ2) is 22.8. The minimum Gasteiger partial charge on any atom is -0.462 e. The van der Waals surface area contributed by atoms with E-state index in [1.54, 1.807) is 20.8 Å². The predicted octanol–water partition coefficient (Wildman–Crippen LogP) is 1.63. The molecule has 0 aromatic carbocycles. The molecule has 0 saturated carbocycles. The Morgan fingerprint density at radius 1 is 0.545 bits per heavy atom. The molecular weight excluding hydrogens is 884 g/mol. The van der Waals surface area contributed by atoms with Crippen LogP contribution in [0, 0.1) is 10.8 Å². The van der Waals surface area contributed by atoms with Gasteiger partial charge in [0.2, 0.25) is 0 Å². The highest BCUT2D eigenvalue weighted by atomic mass is 16.9. The molecule has 23 heteroatoms. The quantitative estimate of drug-likeness (QED) is 0.0995. The molecule has 3 heterocycles. The molecule has 0 unspecified atom stereocenters. The molecule has 0 amide bonds. The molecule has 3 rings (SSSR count). The van der Waals surface area contributed by atoms with Gasteiger partial charge in [-0.1, -0.05) is 6.08 Å². The van der Waals surface area contributed by atoms with Gasteiger partial charge in [-0.3, -0.25) is 38.4 Å². The highest BCUT2D eigenvalue weighted by Gasteiger charge is 2.64. The van der Waals surface area contributed by atoms with Crippen LogP contribution in [0.25, 0.3) is 0 Å². The third-order valence-corrected chi connectivity index (χ3v) is 9.76. The molecular formula is C43H64O23. The number of rotatable bonds is 16. The van der Waals surface area contributed by atoms with E-state index in [9.17, 15) is 43.5 Å². The number of hydrogen-bond acceptors (Lipinski definition) is 23. The third kappa shape index (κ3) is 14.9. The van der Waals surface area contributed by atoms with Crippen molar-refractivity contribution in [3.05, 3.63) is 12.7 Å². The fourth-order valence-corrected chi connectivity index (χ4v) is 6.96. The highest BCUT2D eigenvalue weighted by Crippen LogP contribution is 2.41. The number of hydrogen-bond donors (Lipinski definition) is 1. The van der Waals surface area contributed by atoms with Crippen molar-refractivity contribution >= 4 is 47.8 Å². The Morgan fingerprint density at radius 2 is 0.924 bits per heavy atom. The molecule has 3 aliphatic heterocycles. The van der Waals surface area contributed by atoms with Crippen molar-refractivity contribution in [3.8, 4) is 0 Å². The molecule has 0 bridgehead atoms. The van der Waals surface area contributed by atoms with Crippen molar-refractivity contribution in [1.29, 1.82) is 0 Å². The molecule has 3 saturated heterocycles. The summed E-state index contributed by atoms with van der Waals surface area (Å²) in [5, 5.41) is 12.6. The van der Waals surface area contributed by atoms with Crippen molar-refractivity contribution < 1.29 is 110 Å². The Labute approximate surface area is 382 Å². The smallest absolute Gasteiger partial charge is 0.313 e. The topological polar surface area (TPSA) is 286 Å². The average Bonchev–Trinajstić information content (AvgIpc) is 3.16. The zero-order valence-corrected chi connectivity index (χ0v) is 39.7. The van der Waals surface area contributed by atoms with Crippen LogP contribution in [0.4, 0.5) is 0 Å². The maximum Gasteiger partial charge on any atom is 0.313 e. The molecule has 3 fully saturated rings. The second-order valence-corrected chi connectivity index (χ2v) is 17.9. The summed E-state index contributed by atoms with van der Waals surface area (Å²) < 4.78 is 82.2. The van der Waals surface area contributed by atoms with E-state index >= 15 is 0 Å². The lowest BCUT2D eigenvalue weighted by atomic mass is 9.93. The molecule has 0 aromatic heterocycles. The molecule has 1 N–H and O–H groups in total. The molecule has 0 aromatic rings. The number of esters is 8. The van der Waals surface area contributed by atoms with Crippen molar-refractivity contribution in [3.63, 3.8) is 0 Å². The van der Waals surface area contributed by atoms with Gasteiger partial charge >= 0.3 is 53.7 Å². The number of carbonyl (C=O) groups is 8. The molecule has 0 spiro atoms. The van der Waals surface area contributed by atoms with Crippen molar-refractivity contribution in [1.82, 2.24) is 0 Å². The summed E-state index contributed by atoms with van der Waals surface area (Å²) in [4.78, 5) is 102. The van der Waals surface area contributed by atoms with Gasteiger partial charge < -0.3 is 71.4 Å². The van der Waals surface area contributed by atoms with E-state index in [4.69, 9.17) is 66.3 Å². The van der Waals surface area contributed by atoms with Gasteiger partial charge in [-0.25, -0.2) is 0 Å². The fourth-order valence-electron chi connectivity index (χ4n) is 6.96. The van der Waals surface area contributed by atoms with Crippen molar-refractivity contribution in [2.45, 2.75) is 189 Å². The van der Waals surface area contributed by atoms with Gasteiger partial charge in [0.1, 0.15) is 18.8 Å². The summed E-state index contributed by atoms with van der Waals surface area (Å²) in [6.07, 6.45) is -22.3. The van der Waals surface area contributed by atoms with E-state index in [1.165, 1.54) is 40.7 Å². The van der Waals surface area contributed by atoms with Gasteiger partial charge in [-0.2, -0.15) is 0 Å². The summed E-state index contributed by atoms with van der Waals surface area (Å²) in [6, 6.07) is 0. The SMILES string of the molecule is C=CCO[C@]1(O)O[C@H](COC(=O)C(C)(C)C)[C@@H](O[C@@H]2O[C@@H](C)[C@H](OC(C)=O)[C@@H](OC(C)=O)[C@H]2OC(C)=O)[C@H](OC(=O)C(C)(C)C)[C@H]1O[C@@H]1O[C@@H](C)[C@H](OC(C)=O)[C@@H](OC(C)=O)[C@H]1OC(C)=O. The van der Waals surface area contributed by atoms with Gasteiger partial charge in [-0.05, 0) is 55.4 Å². The zero-order valence-electron chi connectivity index (χ0n) is 39.7. The normalized spacial score (nSPS) is 33.5. The van der Waals surface area contributed by atoms with Crippen LogP contribution in [0.2, 0.25) is 0 Å². The predicted molar refractivity (Wildman–Crippen MR) is 217 cm³/mol. The Bertz CT molecular complexity index is 1780. The van der Waals surface area contributed by atoms with Crippen LogP contribution in [0.15, 0.2) is 12.7 Å². The minimum absolute atomic E-state index is 0.490. The molecule has 0 aliphatic carbocycles. The average molecular weight is 949 g/mol. The number of ether oxygens (including phenoxy) is 14. The first kappa shape index (κ1) is 55.5. The fraction of sp³-hybridized carbons (Fsp3) is 0.767. The lowest BCUT2D eigenvalue weighted by molar-refractivity contribution is -0.474. The lowest BCUT2D eigenvalue weighted by Crippen LogP contribution is -2.72. The summed E-state index contributed by atoms with van der Waals surface area (Å²) >= 11 is 0. The van der Waals surface area contributed by atoms with Crippen LogP contribution in [0.1, 0.15) is 96.9 Å². The minimum atomic E-state index is -3.08. The Hall–Kier alpha value is -4.78. The van der Waals surface area contributed by atoms with E-state index < -0.39 is 164 Å². The molecule has 374 valence electrons. The number of carbonyl (C=O) groups excluding carboxylic acids is 8. The van der Waals surface area contributed by atoms with Gasteiger partial charge in [-0.15, -0.1) is 6.58 Å². The van der Waals surface area contributed by atoms with Gasteiger partial charge in [0.05, 0.1) is 29.6 Å². The van der Waals surface area contributed by atoms with E-state index in [1.807, 2.05) is 0 Å². The van der Waals surface area contributed by atoms with Crippen LogP contribution >= 0.6 is 0 Å². The maximum atomic E-state index is 14.1. The van der Waals surface area contributed by atoms with Crippen LogP contribution in [0.3, 0.4) is 0 Å². The van der Waals surface area contributed by atoms with Gasteiger partial charge in [0, 0.05) is 41.5 Å². The zero-order chi connectivity index (χ0) is 50.2. The van der Waals surface area contributed by atoms with Crippen molar-refractivity contribution in [2.75, 3.05) is 13.2 Å². The summed E-state index contributed by atoms with van der Waals surface area (Å²) in [5.74, 6) is -10.2. The second-order valence-electron chi connectivity index (χ2n) is 17.9. The largest absolute Gasteiger partial charge is 0.462 e. The van der Waals surface area contributed by atoms with E-state index in [2.05, 4.69) is 6.58 Å². The Balaban J connectivity index is 2.39. The van der Waals surface area contributed by atoms with Gasteiger partial charge in [0.15, 0.2) is 61.4 Å². The summed E-state index contributed by atoms with van der Waals surface area (Å²) in [5.41, 5.74) is -2.41. The summed E-state index contributed by atoms with van der Waals surface area (Å²) in [6.45, 7) is 20.6. The lowest BCUT2D eigenvalue weighted by Gasteiger charge is -2.52. The van der Waals surface area contributed by atoms with E-state index in [-0.39, 0.29) is 0 Å². The summed E-state index contributed by atoms with van der Waals surface area (Å²) in [7, 11) is 0. The monoisotopic (exact) mass is 948 g/mol. The third-order valence-electron chi connectivity index (χ3n) is 9.76. The standard InChI is InChI=1S/C43H64O23/c1-16-17-54-43(52)36(65-38-35(62-26(9)49)32(60-24(7)47)29(20(3)56-38)58-22(5)45)33(64-40(51)42(13,14)15)30(27(66-43)18-53-39(50)41(10,11)12)63-37-34(61-25(8)48)31(59-23(6)46)28(19(2)55-37)57-21(4)44/h16,19-20,27-38,52H,1,17-18H2,2-15H3/t19-,20-,27+,28-,29-,30+,31+,32+,33-,34+,35+,36+,37-,38-,43-/m0/s1. The molecule has 66 heavy (non-hydrogen) atoms. The Kier molecular flexibility index (Phi) is 19.2. The molecule has 15 atom stereocenters. The first-order chi connectivity index (χ1) is 30.4. The van der Waals surface area contributed by atoms with Gasteiger partial charge in [0.25, 0.3) is 0 Å². The highest BCUT2D eigenvalue weighted by molar-refractivity contribution is 5.76.